The Morgan fingerprint density at radius 2 is 1.17 bits per heavy atom. The molecule has 2 N–H and O–H groups in total. The van der Waals surface area contributed by atoms with Crippen LogP contribution in [0, 0.1) is 5.41 Å². The Hall–Kier alpha value is -0.310. The second-order valence-corrected chi connectivity index (χ2v) is 9.31. The van der Waals surface area contributed by atoms with E-state index in [0.717, 1.165) is 4.67 Å². The third kappa shape index (κ3) is 5.34. The molecule has 1 saturated heterocycles. The van der Waals surface area contributed by atoms with Gasteiger partial charge in [0.2, 0.25) is 0 Å². The maximum Gasteiger partial charge on any atom is 0.403 e. The third-order valence-corrected chi connectivity index (χ3v) is 5.78. The van der Waals surface area contributed by atoms with E-state index < -0.39 is 62.3 Å². The summed E-state index contributed by atoms with van der Waals surface area (Å²) in [6, 6.07) is 0. The molecule has 0 aliphatic carbocycles. The average molecular weight is 385 g/mol. The maximum atomic E-state index is 13.0. The lowest BCUT2D eigenvalue weighted by Gasteiger charge is -2.59. The minimum Gasteiger partial charge on any atom is -0.312 e. The highest BCUT2D eigenvalue weighted by molar-refractivity contribution is 7.49. The van der Waals surface area contributed by atoms with Crippen LogP contribution in [0.4, 0.5) is 26.3 Å². The van der Waals surface area contributed by atoms with Crippen molar-refractivity contribution in [1.29, 1.82) is 0 Å². The summed E-state index contributed by atoms with van der Waals surface area (Å²) in [5.41, 5.74) is -5.26. The second kappa shape index (κ2) is 5.86. The van der Waals surface area contributed by atoms with Crippen LogP contribution in [0.5, 0.6) is 0 Å². The van der Waals surface area contributed by atoms with Crippen LogP contribution in [0.1, 0.15) is 53.4 Å². The van der Waals surface area contributed by atoms with Crippen molar-refractivity contribution in [3.05, 3.63) is 0 Å². The first-order valence-electron chi connectivity index (χ1n) is 7.19. The van der Waals surface area contributed by atoms with E-state index in [2.05, 4.69) is 0 Å². The fraction of sp³-hybridized carbons (Fsp3) is 1.00. The van der Waals surface area contributed by atoms with Crippen molar-refractivity contribution in [2.45, 2.75) is 76.8 Å². The lowest BCUT2D eigenvalue weighted by molar-refractivity contribution is -0.216. The van der Waals surface area contributed by atoms with Gasteiger partial charge in [0.25, 0.3) is 0 Å². The number of halogens is 6. The lowest BCUT2D eigenvalue weighted by atomic mass is 9.62. The lowest BCUT2D eigenvalue weighted by Crippen LogP contribution is -2.62. The summed E-state index contributed by atoms with van der Waals surface area (Å²) in [6.07, 6.45) is -14.2. The smallest absolute Gasteiger partial charge is 0.312 e. The van der Waals surface area contributed by atoms with Crippen molar-refractivity contribution < 1.29 is 40.7 Å². The molecule has 0 unspecified atom stereocenters. The van der Waals surface area contributed by atoms with Gasteiger partial charge in [0.1, 0.15) is 0 Å². The van der Waals surface area contributed by atoms with E-state index >= 15 is 0 Å². The van der Waals surface area contributed by atoms with E-state index in [1.54, 1.807) is 0 Å². The van der Waals surface area contributed by atoms with Crippen LogP contribution in [0.2, 0.25) is 0 Å². The first-order chi connectivity index (χ1) is 10.2. The van der Waals surface area contributed by atoms with Crippen LogP contribution < -0.4 is 0 Å². The second-order valence-electron chi connectivity index (χ2n) is 7.89. The first kappa shape index (κ1) is 21.7. The van der Waals surface area contributed by atoms with E-state index in [4.69, 9.17) is 0 Å². The molecule has 0 bridgehead atoms. The predicted molar refractivity (Wildman–Crippen MR) is 75.1 cm³/mol. The van der Waals surface area contributed by atoms with Crippen LogP contribution in [0.15, 0.2) is 0 Å². The van der Waals surface area contributed by atoms with Gasteiger partial charge in [-0.05, 0) is 46.0 Å². The van der Waals surface area contributed by atoms with Gasteiger partial charge in [-0.1, -0.05) is 0 Å². The zero-order chi connectivity index (χ0) is 19.4. The molecular weight excluding hydrogens is 363 g/mol. The Kier molecular flexibility index (Phi) is 5.30. The van der Waals surface area contributed by atoms with E-state index in [1.807, 2.05) is 0 Å². The number of hydrogen-bond donors (Lipinski definition) is 2. The summed E-state index contributed by atoms with van der Waals surface area (Å²) in [7, 11) is -4.87. The maximum absolute atomic E-state index is 13.0. The molecule has 144 valence electrons. The molecule has 0 spiro atoms. The third-order valence-electron chi connectivity index (χ3n) is 4.17. The summed E-state index contributed by atoms with van der Waals surface area (Å²) in [5, 5.41) is 0. The number of hydrogen-bond acceptors (Lipinski definition) is 1. The van der Waals surface area contributed by atoms with Crippen LogP contribution in [0.25, 0.3) is 0 Å². The van der Waals surface area contributed by atoms with Crippen molar-refractivity contribution in [2.24, 2.45) is 5.41 Å². The van der Waals surface area contributed by atoms with Gasteiger partial charge >= 0.3 is 20.1 Å². The van der Waals surface area contributed by atoms with Gasteiger partial charge in [0.05, 0.1) is 0 Å². The Balaban J connectivity index is 3.42. The normalized spacial score (nSPS) is 24.8. The number of alkyl halides is 6. The van der Waals surface area contributed by atoms with Gasteiger partial charge in [-0.3, -0.25) is 0 Å². The fourth-order valence-corrected chi connectivity index (χ4v) is 6.29. The molecule has 4 nitrogen and oxygen atoms in total. The topological polar surface area (TPSA) is 60.8 Å². The molecule has 0 atom stereocenters. The van der Waals surface area contributed by atoms with E-state index in [9.17, 15) is 40.7 Å². The minimum atomic E-state index is -4.87. The highest BCUT2D eigenvalue weighted by atomic mass is 31.2. The largest absolute Gasteiger partial charge is 0.403 e. The molecular formula is C13H22F6NO3P. The molecule has 0 radical (unpaired) electrons. The summed E-state index contributed by atoms with van der Waals surface area (Å²) >= 11 is 0. The monoisotopic (exact) mass is 385 g/mol. The molecule has 1 rings (SSSR count). The molecule has 1 heterocycles. The van der Waals surface area contributed by atoms with Crippen molar-refractivity contribution in [3.63, 3.8) is 0 Å². The summed E-state index contributed by atoms with van der Waals surface area (Å²) in [5.74, 6) is 0. The Morgan fingerprint density at radius 1 is 0.875 bits per heavy atom. The van der Waals surface area contributed by atoms with Gasteiger partial charge in [-0.15, -0.1) is 0 Å². The predicted octanol–water partition coefficient (Wildman–Crippen LogP) is 4.62. The van der Waals surface area contributed by atoms with Gasteiger partial charge in [0.15, 0.2) is 0 Å². The van der Waals surface area contributed by atoms with E-state index in [-0.39, 0.29) is 0 Å². The van der Waals surface area contributed by atoms with Crippen LogP contribution >= 0.6 is 7.75 Å². The number of piperidine rings is 1. The minimum absolute atomic E-state index is 0.631. The molecule has 0 saturated carbocycles. The van der Waals surface area contributed by atoms with E-state index in [1.165, 1.54) is 27.7 Å². The molecule has 0 aromatic heterocycles. The Morgan fingerprint density at radius 3 is 1.38 bits per heavy atom. The van der Waals surface area contributed by atoms with Crippen LogP contribution in [0.3, 0.4) is 0 Å². The number of rotatable bonds is 3. The number of nitrogens with zero attached hydrogens (tertiary/aromatic N) is 1. The molecule has 1 fully saturated rings. The van der Waals surface area contributed by atoms with Crippen LogP contribution in [-0.4, -0.2) is 37.9 Å². The summed E-state index contributed by atoms with van der Waals surface area (Å²) in [4.78, 5) is 19.1. The summed E-state index contributed by atoms with van der Waals surface area (Å²) in [6.45, 7) is 5.03. The van der Waals surface area contributed by atoms with Crippen molar-refractivity contribution in [1.82, 2.24) is 4.67 Å². The highest BCUT2D eigenvalue weighted by Crippen LogP contribution is 2.63. The molecule has 0 aromatic rings. The quantitative estimate of drug-likeness (QED) is 0.550. The average Bonchev–Trinajstić information content (AvgIpc) is 1.98. The molecule has 1 aliphatic rings. The first-order valence-corrected chi connectivity index (χ1v) is 8.76. The SMILES string of the molecule is CC1(C)CC(CC(F)(F)F)(CC(F)(F)F)CC(C)(C)N1P(=O)(O)O. The van der Waals surface area contributed by atoms with Gasteiger partial charge in [-0.25, -0.2) is 4.57 Å². The summed E-state index contributed by atoms with van der Waals surface area (Å²) < 4.78 is 90.3. The molecule has 1 aliphatic heterocycles. The molecule has 11 heteroatoms. The van der Waals surface area contributed by atoms with Crippen molar-refractivity contribution in [2.75, 3.05) is 0 Å². The fourth-order valence-electron chi connectivity index (χ4n) is 4.74. The van der Waals surface area contributed by atoms with Gasteiger partial charge in [-0.2, -0.15) is 31.0 Å². The van der Waals surface area contributed by atoms with E-state index in [0.29, 0.717) is 0 Å². The van der Waals surface area contributed by atoms with Crippen LogP contribution in [-0.2, 0) is 4.57 Å². The highest BCUT2D eigenvalue weighted by Gasteiger charge is 2.61. The van der Waals surface area contributed by atoms with Gasteiger partial charge in [0, 0.05) is 23.9 Å². The van der Waals surface area contributed by atoms with Crippen molar-refractivity contribution in [3.8, 4) is 0 Å². The molecule has 0 aromatic carbocycles. The molecule has 24 heavy (non-hydrogen) atoms. The Labute approximate surface area is 136 Å². The standard InChI is InChI=1S/C13H22F6NO3P/c1-9(2)5-11(7-12(14,15)16,8-13(17,18)19)6-10(3,4)20(9)24(21,22)23/h5-8H2,1-4H3,(H2,21,22,23). The zero-order valence-corrected chi connectivity index (χ0v) is 14.7. The molecule has 0 amide bonds. The van der Waals surface area contributed by atoms with Crippen molar-refractivity contribution >= 4 is 7.75 Å². The Bertz CT molecular complexity index is 487. The zero-order valence-electron chi connectivity index (χ0n) is 13.8. The van der Waals surface area contributed by atoms with Gasteiger partial charge < -0.3 is 9.79 Å².